The highest BCUT2D eigenvalue weighted by atomic mass is 16.3. The van der Waals surface area contributed by atoms with E-state index in [0.717, 1.165) is 30.7 Å². The van der Waals surface area contributed by atoms with E-state index in [0.29, 0.717) is 0 Å². The lowest BCUT2D eigenvalue weighted by molar-refractivity contribution is 0.156. The predicted molar refractivity (Wildman–Crippen MR) is 62.6 cm³/mol. The quantitative estimate of drug-likeness (QED) is 0.699. The maximum absolute atomic E-state index is 9.23. The molecule has 86 valence electrons. The third kappa shape index (κ3) is 2.82. The van der Waals surface area contributed by atoms with Crippen LogP contribution in [0.3, 0.4) is 0 Å². The average Bonchev–Trinajstić information content (AvgIpc) is 2.76. The van der Waals surface area contributed by atoms with E-state index in [2.05, 4.69) is 24.1 Å². The zero-order valence-electron chi connectivity index (χ0n) is 9.89. The van der Waals surface area contributed by atoms with Gasteiger partial charge in [-0.25, -0.2) is 0 Å². The molecule has 0 spiro atoms. The predicted octanol–water partition coefficient (Wildman–Crippen LogP) is 1.90. The van der Waals surface area contributed by atoms with Gasteiger partial charge in [0.2, 0.25) is 0 Å². The van der Waals surface area contributed by atoms with Gasteiger partial charge < -0.3 is 10.0 Å². The molecule has 0 saturated heterocycles. The van der Waals surface area contributed by atoms with Gasteiger partial charge in [0.05, 0.1) is 6.10 Å². The molecule has 0 heterocycles. The zero-order valence-corrected chi connectivity index (χ0v) is 9.89. The molecule has 0 radical (unpaired) electrons. The Labute approximate surface area is 93.0 Å². The summed E-state index contributed by atoms with van der Waals surface area (Å²) < 4.78 is 0. The van der Waals surface area contributed by atoms with Crippen molar-refractivity contribution in [1.29, 1.82) is 0 Å². The Morgan fingerprint density at radius 1 is 1.40 bits per heavy atom. The van der Waals surface area contributed by atoms with E-state index in [-0.39, 0.29) is 6.10 Å². The van der Waals surface area contributed by atoms with Crippen LogP contribution in [-0.2, 0) is 0 Å². The molecule has 2 rings (SSSR count). The van der Waals surface area contributed by atoms with Gasteiger partial charge in [0.1, 0.15) is 0 Å². The lowest BCUT2D eigenvalue weighted by Crippen LogP contribution is -2.30. The van der Waals surface area contributed by atoms with Gasteiger partial charge in [-0.1, -0.05) is 12.2 Å². The summed E-state index contributed by atoms with van der Waals surface area (Å²) in [4.78, 5) is 2.38. The van der Waals surface area contributed by atoms with Crippen LogP contribution in [0.15, 0.2) is 12.2 Å². The van der Waals surface area contributed by atoms with Crippen molar-refractivity contribution in [2.45, 2.75) is 32.3 Å². The summed E-state index contributed by atoms with van der Waals surface area (Å²) in [6, 6.07) is 0. The van der Waals surface area contributed by atoms with E-state index in [1.807, 2.05) is 6.92 Å². The lowest BCUT2D eigenvalue weighted by Gasteiger charge is -2.25. The van der Waals surface area contributed by atoms with Crippen molar-refractivity contribution >= 4 is 0 Å². The van der Waals surface area contributed by atoms with Crippen molar-refractivity contribution < 1.29 is 5.11 Å². The van der Waals surface area contributed by atoms with Crippen molar-refractivity contribution in [2.24, 2.45) is 17.8 Å². The maximum Gasteiger partial charge on any atom is 0.0524 e. The maximum atomic E-state index is 9.23. The Kier molecular flexibility index (Phi) is 3.47. The number of nitrogens with zero attached hydrogens (tertiary/aromatic N) is 1. The van der Waals surface area contributed by atoms with Gasteiger partial charge in [0.25, 0.3) is 0 Å². The highest BCUT2D eigenvalue weighted by molar-refractivity contribution is 5.10. The molecule has 1 fully saturated rings. The van der Waals surface area contributed by atoms with Crippen LogP contribution in [0.25, 0.3) is 0 Å². The normalized spacial score (nSPS) is 35.3. The second-order valence-corrected chi connectivity index (χ2v) is 5.44. The fourth-order valence-electron chi connectivity index (χ4n) is 3.00. The lowest BCUT2D eigenvalue weighted by atomic mass is 9.93. The van der Waals surface area contributed by atoms with Crippen molar-refractivity contribution in [1.82, 2.24) is 4.90 Å². The number of hydrogen-bond donors (Lipinski definition) is 1. The summed E-state index contributed by atoms with van der Waals surface area (Å²) >= 11 is 0. The molecule has 2 heteroatoms. The van der Waals surface area contributed by atoms with E-state index in [1.54, 1.807) is 0 Å². The van der Waals surface area contributed by atoms with E-state index in [9.17, 15) is 5.11 Å². The molecule has 0 aromatic carbocycles. The second-order valence-electron chi connectivity index (χ2n) is 5.44. The first-order valence-corrected chi connectivity index (χ1v) is 6.20. The number of fused-ring (bicyclic) bond motifs is 2. The van der Waals surface area contributed by atoms with Crippen molar-refractivity contribution in [3.05, 3.63) is 12.2 Å². The summed E-state index contributed by atoms with van der Waals surface area (Å²) in [6.45, 7) is 4.10. The van der Waals surface area contributed by atoms with Crippen LogP contribution < -0.4 is 0 Å². The van der Waals surface area contributed by atoms with Crippen LogP contribution in [0.4, 0.5) is 0 Å². The smallest absolute Gasteiger partial charge is 0.0524 e. The van der Waals surface area contributed by atoms with E-state index in [1.165, 1.54) is 19.4 Å². The van der Waals surface area contributed by atoms with Crippen LogP contribution in [0.1, 0.15) is 26.2 Å². The number of aliphatic hydroxyl groups excluding tert-OH is 1. The standard InChI is InChI=1S/C13H23NO/c1-10(15)5-6-14(2)9-13-8-11-3-4-12(13)7-11/h3-4,10-13,15H,5-9H2,1-2H3. The molecule has 2 bridgehead atoms. The minimum atomic E-state index is -0.160. The molecule has 0 amide bonds. The van der Waals surface area contributed by atoms with Gasteiger partial charge in [-0.05, 0) is 51.0 Å². The van der Waals surface area contributed by atoms with E-state index in [4.69, 9.17) is 0 Å². The van der Waals surface area contributed by atoms with Crippen LogP contribution >= 0.6 is 0 Å². The Hall–Kier alpha value is -0.340. The first-order chi connectivity index (χ1) is 7.15. The van der Waals surface area contributed by atoms with E-state index < -0.39 is 0 Å². The Balaban J connectivity index is 1.71. The SMILES string of the molecule is CC(O)CCN(C)CC1CC2C=CC1C2. The van der Waals surface area contributed by atoms with Gasteiger partial charge in [-0.3, -0.25) is 0 Å². The van der Waals surface area contributed by atoms with Gasteiger partial charge in [0, 0.05) is 13.1 Å². The van der Waals surface area contributed by atoms with Gasteiger partial charge in [-0.15, -0.1) is 0 Å². The summed E-state index contributed by atoms with van der Waals surface area (Å²) in [6.07, 6.45) is 8.34. The molecule has 4 unspecified atom stereocenters. The van der Waals surface area contributed by atoms with E-state index >= 15 is 0 Å². The minimum Gasteiger partial charge on any atom is -0.393 e. The average molecular weight is 209 g/mol. The van der Waals surface area contributed by atoms with Gasteiger partial charge >= 0.3 is 0 Å². The molecule has 15 heavy (non-hydrogen) atoms. The number of allylic oxidation sites excluding steroid dienone is 2. The highest BCUT2D eigenvalue weighted by Gasteiger charge is 2.35. The molecule has 0 aromatic heterocycles. The molecular formula is C13H23NO. The number of hydrogen-bond acceptors (Lipinski definition) is 2. The van der Waals surface area contributed by atoms with Gasteiger partial charge in [0.15, 0.2) is 0 Å². The topological polar surface area (TPSA) is 23.5 Å². The molecule has 1 N–H and O–H groups in total. The van der Waals surface area contributed by atoms with Crippen LogP contribution in [0.5, 0.6) is 0 Å². The fraction of sp³-hybridized carbons (Fsp3) is 0.846. The van der Waals surface area contributed by atoms with Gasteiger partial charge in [-0.2, -0.15) is 0 Å². The number of aliphatic hydroxyl groups is 1. The second kappa shape index (κ2) is 4.67. The Bertz CT molecular complexity index is 237. The van der Waals surface area contributed by atoms with Crippen molar-refractivity contribution in [3.63, 3.8) is 0 Å². The van der Waals surface area contributed by atoms with Crippen molar-refractivity contribution in [3.8, 4) is 0 Å². The Morgan fingerprint density at radius 2 is 2.20 bits per heavy atom. The zero-order chi connectivity index (χ0) is 10.8. The summed E-state index contributed by atoms with van der Waals surface area (Å²) in [5.74, 6) is 2.60. The molecule has 1 saturated carbocycles. The Morgan fingerprint density at radius 3 is 2.73 bits per heavy atom. The molecular weight excluding hydrogens is 186 g/mol. The molecule has 0 aromatic rings. The molecule has 2 aliphatic carbocycles. The monoisotopic (exact) mass is 209 g/mol. The third-order valence-electron chi connectivity index (χ3n) is 3.89. The summed E-state index contributed by atoms with van der Waals surface area (Å²) in [5, 5.41) is 9.23. The van der Waals surface area contributed by atoms with Crippen LogP contribution in [0, 0.1) is 17.8 Å². The third-order valence-corrected chi connectivity index (χ3v) is 3.89. The first-order valence-electron chi connectivity index (χ1n) is 6.20. The minimum absolute atomic E-state index is 0.160. The van der Waals surface area contributed by atoms with Crippen LogP contribution in [-0.4, -0.2) is 36.2 Å². The fourth-order valence-corrected chi connectivity index (χ4v) is 3.00. The molecule has 2 aliphatic rings. The summed E-state index contributed by atoms with van der Waals surface area (Å²) in [7, 11) is 2.18. The largest absolute Gasteiger partial charge is 0.393 e. The molecule has 2 nitrogen and oxygen atoms in total. The first kappa shape index (κ1) is 11.2. The number of rotatable bonds is 5. The molecule has 0 aliphatic heterocycles. The highest BCUT2D eigenvalue weighted by Crippen LogP contribution is 2.43. The van der Waals surface area contributed by atoms with Crippen molar-refractivity contribution in [2.75, 3.05) is 20.1 Å². The molecule has 4 atom stereocenters. The summed E-state index contributed by atoms with van der Waals surface area (Å²) in [5.41, 5.74) is 0. The van der Waals surface area contributed by atoms with Crippen LogP contribution in [0.2, 0.25) is 0 Å².